The molecule has 19 heavy (non-hydrogen) atoms. The highest BCUT2D eigenvalue weighted by Gasteiger charge is 2.10. The van der Waals surface area contributed by atoms with E-state index in [1.165, 1.54) is 82.9 Å². The Morgan fingerprint density at radius 2 is 1.42 bits per heavy atom. The van der Waals surface area contributed by atoms with Gasteiger partial charge in [-0.15, -0.1) is 0 Å². The van der Waals surface area contributed by atoms with Gasteiger partial charge in [-0.3, -0.25) is 4.99 Å². The van der Waals surface area contributed by atoms with Gasteiger partial charge in [0.15, 0.2) is 0 Å². The molecular formula is C17H34N2. The van der Waals surface area contributed by atoms with Crippen LogP contribution in [0.15, 0.2) is 4.99 Å². The highest BCUT2D eigenvalue weighted by molar-refractivity contribution is 5.83. The van der Waals surface area contributed by atoms with Crippen LogP contribution in [0.4, 0.5) is 0 Å². The van der Waals surface area contributed by atoms with Gasteiger partial charge in [-0.25, -0.2) is 0 Å². The van der Waals surface area contributed by atoms with Gasteiger partial charge in [0, 0.05) is 12.5 Å². The molecule has 0 saturated heterocycles. The second-order valence-corrected chi connectivity index (χ2v) is 6.12. The van der Waals surface area contributed by atoms with Crippen molar-refractivity contribution < 1.29 is 0 Å². The van der Waals surface area contributed by atoms with E-state index in [9.17, 15) is 0 Å². The first-order valence-corrected chi connectivity index (χ1v) is 8.62. The zero-order valence-corrected chi connectivity index (χ0v) is 13.2. The van der Waals surface area contributed by atoms with Crippen LogP contribution in [0.2, 0.25) is 0 Å². The summed E-state index contributed by atoms with van der Waals surface area (Å²) in [5, 5.41) is 3.44. The summed E-state index contributed by atoms with van der Waals surface area (Å²) in [6.45, 7) is 5.47. The summed E-state index contributed by atoms with van der Waals surface area (Å²) in [5.41, 5.74) is 0. The molecule has 1 heterocycles. The molecule has 0 spiro atoms. The molecule has 0 aromatic carbocycles. The first kappa shape index (κ1) is 16.5. The van der Waals surface area contributed by atoms with Crippen molar-refractivity contribution in [1.82, 2.24) is 5.32 Å². The van der Waals surface area contributed by atoms with Crippen LogP contribution in [0.5, 0.6) is 0 Å². The topological polar surface area (TPSA) is 24.4 Å². The van der Waals surface area contributed by atoms with E-state index < -0.39 is 0 Å². The van der Waals surface area contributed by atoms with Gasteiger partial charge in [0.05, 0.1) is 12.4 Å². The predicted octanol–water partition coefficient (Wildman–Crippen LogP) is 5.08. The lowest BCUT2D eigenvalue weighted by atomic mass is 10.1. The molecule has 112 valence electrons. The van der Waals surface area contributed by atoms with Crippen LogP contribution in [0, 0.1) is 0 Å². The van der Waals surface area contributed by atoms with Gasteiger partial charge in [0.25, 0.3) is 0 Å². The molecule has 0 aromatic rings. The highest BCUT2D eigenvalue weighted by Crippen LogP contribution is 2.12. The van der Waals surface area contributed by atoms with Gasteiger partial charge < -0.3 is 5.32 Å². The summed E-state index contributed by atoms with van der Waals surface area (Å²) in [6, 6.07) is 0.572. The predicted molar refractivity (Wildman–Crippen MR) is 86.0 cm³/mol. The number of unbranched alkanes of at least 4 members (excludes halogenated alkanes) is 10. The molecule has 0 aromatic heterocycles. The Morgan fingerprint density at radius 1 is 0.895 bits per heavy atom. The SMILES string of the molecule is CCCCCCCCCCCCCC1=NCC(C)N1. The van der Waals surface area contributed by atoms with Gasteiger partial charge in [-0.2, -0.15) is 0 Å². The molecule has 0 aliphatic carbocycles. The minimum Gasteiger partial charge on any atom is -0.370 e. The molecule has 0 radical (unpaired) electrons. The average molecular weight is 266 g/mol. The highest BCUT2D eigenvalue weighted by atomic mass is 15.1. The molecule has 1 rings (SSSR count). The maximum absolute atomic E-state index is 4.51. The molecule has 0 bridgehead atoms. The molecule has 1 aliphatic heterocycles. The number of hydrogen-bond acceptors (Lipinski definition) is 2. The molecule has 0 saturated carbocycles. The van der Waals surface area contributed by atoms with Crippen LogP contribution in [0.1, 0.15) is 90.9 Å². The van der Waals surface area contributed by atoms with Crippen molar-refractivity contribution in [2.45, 2.75) is 96.9 Å². The summed E-state index contributed by atoms with van der Waals surface area (Å²) >= 11 is 0. The third kappa shape index (κ3) is 9.07. The number of nitrogens with one attached hydrogen (secondary N) is 1. The standard InChI is InChI=1S/C17H34N2/c1-3-4-5-6-7-8-9-10-11-12-13-14-17-18-15-16(2)19-17/h16H,3-15H2,1-2H3,(H,18,19). The Morgan fingerprint density at radius 3 is 1.89 bits per heavy atom. The fourth-order valence-corrected chi connectivity index (χ4v) is 2.73. The smallest absolute Gasteiger partial charge is 0.0966 e. The molecule has 1 aliphatic rings. The maximum Gasteiger partial charge on any atom is 0.0966 e. The van der Waals surface area contributed by atoms with E-state index in [4.69, 9.17) is 0 Å². The van der Waals surface area contributed by atoms with Crippen LogP contribution in [0.25, 0.3) is 0 Å². The van der Waals surface area contributed by atoms with Gasteiger partial charge >= 0.3 is 0 Å². The van der Waals surface area contributed by atoms with Crippen molar-refractivity contribution in [3.05, 3.63) is 0 Å². The molecular weight excluding hydrogens is 232 g/mol. The Balaban J connectivity index is 1.74. The number of aliphatic imine (C=N–C) groups is 1. The van der Waals surface area contributed by atoms with Gasteiger partial charge in [0.1, 0.15) is 0 Å². The quantitative estimate of drug-likeness (QED) is 0.490. The summed E-state index contributed by atoms with van der Waals surface area (Å²) < 4.78 is 0. The normalized spacial score (nSPS) is 18.4. The van der Waals surface area contributed by atoms with Crippen molar-refractivity contribution in [2.75, 3.05) is 6.54 Å². The lowest BCUT2D eigenvalue weighted by molar-refractivity contribution is 0.551. The van der Waals surface area contributed by atoms with Gasteiger partial charge in [-0.1, -0.05) is 71.1 Å². The fraction of sp³-hybridized carbons (Fsp3) is 0.941. The van der Waals surface area contributed by atoms with Crippen molar-refractivity contribution in [3.8, 4) is 0 Å². The Kier molecular flexibility index (Phi) is 9.84. The maximum atomic E-state index is 4.51. The second-order valence-electron chi connectivity index (χ2n) is 6.12. The Hall–Kier alpha value is -0.530. The van der Waals surface area contributed by atoms with E-state index in [1.807, 2.05) is 0 Å². The van der Waals surface area contributed by atoms with E-state index in [0.29, 0.717) is 6.04 Å². The summed E-state index contributed by atoms with van der Waals surface area (Å²) in [6.07, 6.45) is 16.8. The first-order chi connectivity index (χ1) is 9.33. The van der Waals surface area contributed by atoms with Crippen LogP contribution in [0.3, 0.4) is 0 Å². The second kappa shape index (κ2) is 11.3. The summed E-state index contributed by atoms with van der Waals surface area (Å²) in [7, 11) is 0. The van der Waals surface area contributed by atoms with Crippen molar-refractivity contribution in [1.29, 1.82) is 0 Å². The largest absolute Gasteiger partial charge is 0.370 e. The molecule has 0 fully saturated rings. The van der Waals surface area contributed by atoms with E-state index in [1.54, 1.807) is 0 Å². The van der Waals surface area contributed by atoms with Crippen molar-refractivity contribution in [2.24, 2.45) is 4.99 Å². The number of nitrogens with zero attached hydrogens (tertiary/aromatic N) is 1. The molecule has 2 nitrogen and oxygen atoms in total. The number of hydrogen-bond donors (Lipinski definition) is 1. The van der Waals surface area contributed by atoms with E-state index in [-0.39, 0.29) is 0 Å². The number of amidine groups is 1. The lowest BCUT2D eigenvalue weighted by Crippen LogP contribution is -2.26. The Labute approximate surface area is 120 Å². The summed E-state index contributed by atoms with van der Waals surface area (Å²) in [4.78, 5) is 4.51. The summed E-state index contributed by atoms with van der Waals surface area (Å²) in [5.74, 6) is 1.25. The molecule has 1 N–H and O–H groups in total. The van der Waals surface area contributed by atoms with Crippen LogP contribution in [-0.2, 0) is 0 Å². The zero-order valence-electron chi connectivity index (χ0n) is 13.2. The van der Waals surface area contributed by atoms with E-state index in [2.05, 4.69) is 24.2 Å². The van der Waals surface area contributed by atoms with Crippen LogP contribution in [-0.4, -0.2) is 18.4 Å². The third-order valence-corrected chi connectivity index (χ3v) is 3.99. The van der Waals surface area contributed by atoms with E-state index >= 15 is 0 Å². The lowest BCUT2D eigenvalue weighted by Gasteiger charge is -2.05. The molecule has 2 heteroatoms. The Bertz CT molecular complexity index is 235. The molecule has 1 unspecified atom stereocenters. The molecule has 0 amide bonds. The zero-order chi connectivity index (χ0) is 13.8. The van der Waals surface area contributed by atoms with Crippen LogP contribution < -0.4 is 5.32 Å². The minimum atomic E-state index is 0.572. The fourth-order valence-electron chi connectivity index (χ4n) is 2.73. The van der Waals surface area contributed by atoms with Crippen molar-refractivity contribution in [3.63, 3.8) is 0 Å². The third-order valence-electron chi connectivity index (χ3n) is 3.99. The first-order valence-electron chi connectivity index (χ1n) is 8.62. The van der Waals surface area contributed by atoms with Crippen molar-refractivity contribution >= 4 is 5.84 Å². The van der Waals surface area contributed by atoms with Gasteiger partial charge in [0.2, 0.25) is 0 Å². The average Bonchev–Trinajstić information content (AvgIpc) is 2.82. The van der Waals surface area contributed by atoms with E-state index in [0.717, 1.165) is 6.54 Å². The molecule has 1 atom stereocenters. The van der Waals surface area contributed by atoms with Crippen LogP contribution >= 0.6 is 0 Å². The van der Waals surface area contributed by atoms with Gasteiger partial charge in [-0.05, 0) is 13.3 Å². The monoisotopic (exact) mass is 266 g/mol. The minimum absolute atomic E-state index is 0.572. The number of rotatable bonds is 12.